The lowest BCUT2D eigenvalue weighted by Gasteiger charge is -2.37. The molecule has 1 aromatic rings. The Balaban J connectivity index is 1.52. The molecule has 27 heavy (non-hydrogen) atoms. The Morgan fingerprint density at radius 2 is 1.89 bits per heavy atom. The second-order valence-electron chi connectivity index (χ2n) is 7.49. The van der Waals surface area contributed by atoms with Gasteiger partial charge in [0.25, 0.3) is 0 Å². The van der Waals surface area contributed by atoms with Gasteiger partial charge in [0.15, 0.2) is 0 Å². The van der Waals surface area contributed by atoms with Crippen molar-refractivity contribution in [1.82, 2.24) is 4.72 Å². The van der Waals surface area contributed by atoms with Crippen molar-refractivity contribution in [3.8, 4) is 0 Å². The fourth-order valence-electron chi connectivity index (χ4n) is 3.90. The highest BCUT2D eigenvalue weighted by atomic mass is 35.5. The van der Waals surface area contributed by atoms with E-state index in [1.165, 1.54) is 12.7 Å². The Bertz CT molecular complexity index is 753. The van der Waals surface area contributed by atoms with Crippen molar-refractivity contribution in [3.63, 3.8) is 0 Å². The first kappa shape index (κ1) is 20.6. The third-order valence-corrected chi connectivity index (χ3v) is 7.43. The molecule has 150 valence electrons. The number of benzene rings is 1. The molecule has 0 aromatic heterocycles. The van der Waals surface area contributed by atoms with Crippen LogP contribution in [0.25, 0.3) is 0 Å². The van der Waals surface area contributed by atoms with E-state index in [0.717, 1.165) is 12.8 Å². The molecule has 0 amide bonds. The van der Waals surface area contributed by atoms with Crippen LogP contribution < -0.4 is 4.72 Å². The largest absolute Gasteiger partial charge is 0.469 e. The fourth-order valence-corrected chi connectivity index (χ4v) is 5.50. The molecule has 0 unspecified atom stereocenters. The first-order chi connectivity index (χ1) is 12.8. The summed E-state index contributed by atoms with van der Waals surface area (Å²) in [4.78, 5) is 12.2. The zero-order valence-corrected chi connectivity index (χ0v) is 17.0. The molecule has 2 fully saturated rings. The highest BCUT2D eigenvalue weighted by Gasteiger charge is 2.42. The predicted molar refractivity (Wildman–Crippen MR) is 103 cm³/mol. The third kappa shape index (κ3) is 5.02. The SMILES string of the molecule is COC(=O)C1(CCS(=O)(=O)NC2CC(c3ccc(Cl)cc3)C2)CCOCC1. The second-order valence-corrected chi connectivity index (χ2v) is 9.80. The summed E-state index contributed by atoms with van der Waals surface area (Å²) in [6.45, 7) is 0.905. The van der Waals surface area contributed by atoms with Crippen LogP contribution in [0.2, 0.25) is 5.02 Å². The number of ether oxygens (including phenoxy) is 2. The number of nitrogens with one attached hydrogen (secondary N) is 1. The first-order valence-electron chi connectivity index (χ1n) is 9.25. The van der Waals surface area contributed by atoms with Gasteiger partial charge in [0.1, 0.15) is 0 Å². The topological polar surface area (TPSA) is 81.7 Å². The number of esters is 1. The highest BCUT2D eigenvalue weighted by molar-refractivity contribution is 7.89. The van der Waals surface area contributed by atoms with E-state index < -0.39 is 15.4 Å². The summed E-state index contributed by atoms with van der Waals surface area (Å²) < 4.78 is 38.0. The molecule has 3 rings (SSSR count). The summed E-state index contributed by atoms with van der Waals surface area (Å²) in [5, 5.41) is 0.697. The number of hydrogen-bond donors (Lipinski definition) is 1. The van der Waals surface area contributed by atoms with Crippen molar-refractivity contribution in [2.24, 2.45) is 5.41 Å². The van der Waals surface area contributed by atoms with Crippen molar-refractivity contribution >= 4 is 27.6 Å². The number of carbonyl (C=O) groups is 1. The quantitative estimate of drug-likeness (QED) is 0.692. The minimum absolute atomic E-state index is 0.0561. The number of sulfonamides is 1. The number of methoxy groups -OCH3 is 1. The zero-order chi connectivity index (χ0) is 19.5. The molecule has 1 heterocycles. The molecule has 0 atom stereocenters. The van der Waals surface area contributed by atoms with Crippen LogP contribution >= 0.6 is 11.6 Å². The van der Waals surface area contributed by atoms with Gasteiger partial charge in [-0.2, -0.15) is 0 Å². The normalized spacial score (nSPS) is 24.8. The van der Waals surface area contributed by atoms with Gasteiger partial charge in [0.2, 0.25) is 10.0 Å². The van der Waals surface area contributed by atoms with Gasteiger partial charge in [0, 0.05) is 24.3 Å². The molecule has 1 N–H and O–H groups in total. The van der Waals surface area contributed by atoms with Crippen LogP contribution in [0.3, 0.4) is 0 Å². The van der Waals surface area contributed by atoms with Gasteiger partial charge in [-0.15, -0.1) is 0 Å². The molecule has 0 bridgehead atoms. The average molecular weight is 416 g/mol. The molecular formula is C19H26ClNO5S. The lowest BCUT2D eigenvalue weighted by atomic mass is 9.76. The third-order valence-electron chi connectivity index (χ3n) is 5.74. The van der Waals surface area contributed by atoms with Crippen molar-refractivity contribution in [2.45, 2.75) is 44.1 Å². The smallest absolute Gasteiger partial charge is 0.312 e. The van der Waals surface area contributed by atoms with E-state index in [-0.39, 0.29) is 24.2 Å². The van der Waals surface area contributed by atoms with Gasteiger partial charge in [0.05, 0.1) is 18.3 Å². The molecule has 0 radical (unpaired) electrons. The lowest BCUT2D eigenvalue weighted by molar-refractivity contribution is -0.158. The minimum Gasteiger partial charge on any atom is -0.469 e. The summed E-state index contributed by atoms with van der Waals surface area (Å²) in [7, 11) is -2.11. The first-order valence-corrected chi connectivity index (χ1v) is 11.3. The standard InChI is InChI=1S/C19H26ClNO5S/c1-25-18(22)19(6-9-26-10-7-19)8-11-27(23,24)21-17-12-15(13-17)14-2-4-16(20)5-3-14/h2-5,15,17,21H,6-13H2,1H3. The Kier molecular flexibility index (Phi) is 6.46. The molecule has 8 heteroatoms. The summed E-state index contributed by atoms with van der Waals surface area (Å²) in [5.74, 6) is -0.0659. The monoisotopic (exact) mass is 415 g/mol. The summed E-state index contributed by atoms with van der Waals surface area (Å²) in [5.41, 5.74) is 0.425. The van der Waals surface area contributed by atoms with Crippen molar-refractivity contribution in [3.05, 3.63) is 34.9 Å². The van der Waals surface area contributed by atoms with Crippen LogP contribution in [0.15, 0.2) is 24.3 Å². The van der Waals surface area contributed by atoms with Crippen LogP contribution in [-0.4, -0.2) is 46.5 Å². The van der Waals surface area contributed by atoms with Gasteiger partial charge in [-0.05, 0) is 55.7 Å². The van der Waals surface area contributed by atoms with Crippen LogP contribution in [0.1, 0.15) is 43.6 Å². The summed E-state index contributed by atoms with van der Waals surface area (Å²) >= 11 is 5.90. The van der Waals surface area contributed by atoms with Crippen LogP contribution in [-0.2, 0) is 24.3 Å². The van der Waals surface area contributed by atoms with Crippen molar-refractivity contribution < 1.29 is 22.7 Å². The van der Waals surface area contributed by atoms with Gasteiger partial charge < -0.3 is 9.47 Å². The maximum absolute atomic E-state index is 12.5. The van der Waals surface area contributed by atoms with Gasteiger partial charge in [-0.25, -0.2) is 13.1 Å². The van der Waals surface area contributed by atoms with E-state index in [0.29, 0.717) is 37.0 Å². The van der Waals surface area contributed by atoms with Crippen LogP contribution in [0.4, 0.5) is 0 Å². The van der Waals surface area contributed by atoms with E-state index in [2.05, 4.69) is 4.72 Å². The van der Waals surface area contributed by atoms with Crippen molar-refractivity contribution in [1.29, 1.82) is 0 Å². The van der Waals surface area contributed by atoms with Crippen LogP contribution in [0.5, 0.6) is 0 Å². The number of rotatable bonds is 7. The van der Waals surface area contributed by atoms with Crippen molar-refractivity contribution in [2.75, 3.05) is 26.1 Å². The van der Waals surface area contributed by atoms with E-state index in [4.69, 9.17) is 21.1 Å². The Morgan fingerprint density at radius 1 is 1.26 bits per heavy atom. The number of halogens is 1. The van der Waals surface area contributed by atoms with Gasteiger partial charge in [-0.1, -0.05) is 23.7 Å². The summed E-state index contributed by atoms with van der Waals surface area (Å²) in [6.07, 6.45) is 2.80. The molecule has 6 nitrogen and oxygen atoms in total. The van der Waals surface area contributed by atoms with Gasteiger partial charge >= 0.3 is 5.97 Å². The van der Waals surface area contributed by atoms with E-state index in [9.17, 15) is 13.2 Å². The molecule has 1 aromatic carbocycles. The molecule has 1 saturated carbocycles. The molecule has 1 aliphatic heterocycles. The average Bonchev–Trinajstić information content (AvgIpc) is 2.64. The molecule has 2 aliphatic rings. The second kappa shape index (κ2) is 8.47. The number of hydrogen-bond acceptors (Lipinski definition) is 5. The molecule has 0 spiro atoms. The van der Waals surface area contributed by atoms with E-state index in [1.807, 2.05) is 24.3 Å². The predicted octanol–water partition coefficient (Wildman–Crippen LogP) is 2.87. The Morgan fingerprint density at radius 3 is 2.48 bits per heavy atom. The zero-order valence-electron chi connectivity index (χ0n) is 15.4. The molecule has 1 aliphatic carbocycles. The highest BCUT2D eigenvalue weighted by Crippen LogP contribution is 2.38. The summed E-state index contributed by atoms with van der Waals surface area (Å²) in [6, 6.07) is 7.63. The van der Waals surface area contributed by atoms with E-state index >= 15 is 0 Å². The Hall–Kier alpha value is -1.15. The lowest BCUT2D eigenvalue weighted by Crippen LogP contribution is -2.46. The van der Waals surface area contributed by atoms with E-state index in [1.54, 1.807) is 0 Å². The number of carbonyl (C=O) groups excluding carboxylic acids is 1. The maximum Gasteiger partial charge on any atom is 0.312 e. The Labute approximate surface area is 165 Å². The minimum atomic E-state index is -3.45. The fraction of sp³-hybridized carbons (Fsp3) is 0.632. The maximum atomic E-state index is 12.5. The molecular weight excluding hydrogens is 390 g/mol. The molecule has 1 saturated heterocycles. The van der Waals surface area contributed by atoms with Gasteiger partial charge in [-0.3, -0.25) is 4.79 Å². The van der Waals surface area contributed by atoms with Crippen LogP contribution in [0, 0.1) is 5.41 Å².